The van der Waals surface area contributed by atoms with E-state index in [1.165, 1.54) is 0 Å². The number of hydrogen-bond acceptors (Lipinski definition) is 7. The van der Waals surface area contributed by atoms with E-state index >= 15 is 0 Å². The molecule has 0 atom stereocenters. The first-order valence-corrected chi connectivity index (χ1v) is 8.45. The lowest BCUT2D eigenvalue weighted by molar-refractivity contribution is 0.0305. The molecule has 1 aromatic carbocycles. The standard InChI is InChI=1S/C18H23N3O5/c1-23-16-5-3-4-13(17(16)24-2)11-19-18(22)15-10-14(26-20-15)12-21-6-8-25-9-7-21/h3-5,10H,6-9,11-12H2,1-2H3,(H,19,22). The zero-order valence-corrected chi connectivity index (χ0v) is 15.0. The molecule has 0 radical (unpaired) electrons. The number of para-hydroxylation sites is 1. The molecule has 3 rings (SSSR count). The molecule has 1 saturated heterocycles. The van der Waals surface area contributed by atoms with Gasteiger partial charge in [-0.3, -0.25) is 9.69 Å². The highest BCUT2D eigenvalue weighted by molar-refractivity contribution is 5.92. The average molecular weight is 361 g/mol. The van der Waals surface area contributed by atoms with Gasteiger partial charge >= 0.3 is 0 Å². The topological polar surface area (TPSA) is 86.1 Å². The first-order chi connectivity index (χ1) is 12.7. The molecule has 2 heterocycles. The number of rotatable bonds is 7. The van der Waals surface area contributed by atoms with E-state index in [0.717, 1.165) is 18.7 Å². The fourth-order valence-corrected chi connectivity index (χ4v) is 2.83. The molecule has 8 nitrogen and oxygen atoms in total. The molecule has 1 N–H and O–H groups in total. The number of carbonyl (C=O) groups is 1. The highest BCUT2D eigenvalue weighted by atomic mass is 16.5. The molecule has 1 aliphatic heterocycles. The van der Waals surface area contributed by atoms with Crippen molar-refractivity contribution < 1.29 is 23.5 Å². The van der Waals surface area contributed by atoms with E-state index in [1.54, 1.807) is 26.4 Å². The summed E-state index contributed by atoms with van der Waals surface area (Å²) in [6.07, 6.45) is 0. The van der Waals surface area contributed by atoms with E-state index < -0.39 is 0 Å². The second-order valence-corrected chi connectivity index (χ2v) is 5.90. The Hall–Kier alpha value is -2.58. The van der Waals surface area contributed by atoms with Crippen molar-refractivity contribution in [2.45, 2.75) is 13.1 Å². The van der Waals surface area contributed by atoms with Gasteiger partial charge in [-0.05, 0) is 6.07 Å². The number of aromatic nitrogens is 1. The summed E-state index contributed by atoms with van der Waals surface area (Å²) in [6.45, 7) is 4.03. The van der Waals surface area contributed by atoms with Gasteiger partial charge in [0.15, 0.2) is 23.0 Å². The monoisotopic (exact) mass is 361 g/mol. The Bertz CT molecular complexity index is 740. The highest BCUT2D eigenvalue weighted by Crippen LogP contribution is 2.30. The summed E-state index contributed by atoms with van der Waals surface area (Å²) in [5.41, 5.74) is 1.08. The van der Waals surface area contributed by atoms with E-state index in [4.69, 9.17) is 18.7 Å². The normalized spacial score (nSPS) is 14.8. The Labute approximate surface area is 152 Å². The van der Waals surface area contributed by atoms with Crippen molar-refractivity contribution in [3.05, 3.63) is 41.3 Å². The third kappa shape index (κ3) is 4.33. The van der Waals surface area contributed by atoms with E-state index in [9.17, 15) is 4.79 Å². The van der Waals surface area contributed by atoms with Crippen molar-refractivity contribution in [3.8, 4) is 11.5 Å². The fraction of sp³-hybridized carbons (Fsp3) is 0.444. The largest absolute Gasteiger partial charge is 0.493 e. The van der Waals surface area contributed by atoms with Gasteiger partial charge in [-0.25, -0.2) is 0 Å². The minimum absolute atomic E-state index is 0.259. The Balaban J connectivity index is 1.59. The minimum atomic E-state index is -0.299. The lowest BCUT2D eigenvalue weighted by atomic mass is 10.2. The van der Waals surface area contributed by atoms with Crippen LogP contribution >= 0.6 is 0 Å². The number of methoxy groups -OCH3 is 2. The van der Waals surface area contributed by atoms with Crippen LogP contribution in [0.3, 0.4) is 0 Å². The number of nitrogens with one attached hydrogen (secondary N) is 1. The smallest absolute Gasteiger partial charge is 0.273 e. The van der Waals surface area contributed by atoms with Gasteiger partial charge in [0.2, 0.25) is 0 Å². The minimum Gasteiger partial charge on any atom is -0.493 e. The molecule has 26 heavy (non-hydrogen) atoms. The third-order valence-corrected chi connectivity index (χ3v) is 4.20. The van der Waals surface area contributed by atoms with Crippen LogP contribution in [0.5, 0.6) is 11.5 Å². The number of morpholine rings is 1. The molecule has 0 spiro atoms. The van der Waals surface area contributed by atoms with Crippen LogP contribution in [0.15, 0.2) is 28.8 Å². The van der Waals surface area contributed by atoms with Crippen LogP contribution in [0.4, 0.5) is 0 Å². The van der Waals surface area contributed by atoms with Crippen LogP contribution < -0.4 is 14.8 Å². The van der Waals surface area contributed by atoms with Crippen molar-refractivity contribution in [2.24, 2.45) is 0 Å². The fourth-order valence-electron chi connectivity index (χ4n) is 2.83. The van der Waals surface area contributed by atoms with Crippen LogP contribution in [0.25, 0.3) is 0 Å². The van der Waals surface area contributed by atoms with Gasteiger partial charge < -0.3 is 24.1 Å². The summed E-state index contributed by atoms with van der Waals surface area (Å²) in [5, 5.41) is 6.70. The number of carbonyl (C=O) groups excluding carboxylic acids is 1. The van der Waals surface area contributed by atoms with E-state index in [1.807, 2.05) is 12.1 Å². The summed E-state index contributed by atoms with van der Waals surface area (Å²) in [4.78, 5) is 14.5. The second-order valence-electron chi connectivity index (χ2n) is 5.90. The second kappa shape index (κ2) is 8.68. The molecular weight excluding hydrogens is 338 g/mol. The van der Waals surface area contributed by atoms with Crippen molar-refractivity contribution in [1.29, 1.82) is 0 Å². The predicted molar refractivity (Wildman–Crippen MR) is 93.3 cm³/mol. The Morgan fingerprint density at radius 3 is 2.81 bits per heavy atom. The van der Waals surface area contributed by atoms with Crippen LogP contribution in [0.2, 0.25) is 0 Å². The number of amides is 1. The molecule has 2 aromatic rings. The molecular formula is C18H23N3O5. The molecule has 140 valence electrons. The van der Waals surface area contributed by atoms with Crippen molar-refractivity contribution >= 4 is 5.91 Å². The van der Waals surface area contributed by atoms with E-state index in [-0.39, 0.29) is 11.6 Å². The predicted octanol–water partition coefficient (Wildman–Crippen LogP) is 1.45. The quantitative estimate of drug-likeness (QED) is 0.799. The van der Waals surface area contributed by atoms with Crippen LogP contribution in [-0.2, 0) is 17.8 Å². The molecule has 0 unspecified atom stereocenters. The van der Waals surface area contributed by atoms with Gasteiger partial charge in [-0.2, -0.15) is 0 Å². The Morgan fingerprint density at radius 2 is 2.08 bits per heavy atom. The summed E-state index contributed by atoms with van der Waals surface area (Å²) in [5.74, 6) is 1.58. The molecule has 8 heteroatoms. The Kier molecular flexibility index (Phi) is 6.08. The first-order valence-electron chi connectivity index (χ1n) is 8.45. The van der Waals surface area contributed by atoms with Crippen molar-refractivity contribution in [3.63, 3.8) is 0 Å². The lowest BCUT2D eigenvalue weighted by Gasteiger charge is -2.25. The molecule has 0 saturated carbocycles. The zero-order valence-electron chi connectivity index (χ0n) is 15.0. The van der Waals surface area contributed by atoms with E-state index in [2.05, 4.69) is 15.4 Å². The maximum Gasteiger partial charge on any atom is 0.273 e. The molecule has 0 aliphatic carbocycles. The van der Waals surface area contributed by atoms with Gasteiger partial charge in [0.1, 0.15) is 0 Å². The molecule has 0 bridgehead atoms. The summed E-state index contributed by atoms with van der Waals surface area (Å²) >= 11 is 0. The van der Waals surface area contributed by atoms with Gasteiger partial charge in [0, 0.05) is 31.3 Å². The number of hydrogen-bond donors (Lipinski definition) is 1. The summed E-state index contributed by atoms with van der Waals surface area (Å²) < 4.78 is 21.2. The Morgan fingerprint density at radius 1 is 1.27 bits per heavy atom. The third-order valence-electron chi connectivity index (χ3n) is 4.20. The number of ether oxygens (including phenoxy) is 3. The highest BCUT2D eigenvalue weighted by Gasteiger charge is 2.17. The van der Waals surface area contributed by atoms with Gasteiger partial charge in [0.25, 0.3) is 5.91 Å². The number of benzene rings is 1. The maximum atomic E-state index is 12.3. The van der Waals surface area contributed by atoms with Crippen molar-refractivity contribution in [2.75, 3.05) is 40.5 Å². The van der Waals surface area contributed by atoms with Crippen LogP contribution in [0.1, 0.15) is 21.8 Å². The summed E-state index contributed by atoms with van der Waals surface area (Å²) in [7, 11) is 3.14. The summed E-state index contributed by atoms with van der Waals surface area (Å²) in [6, 6.07) is 7.20. The van der Waals surface area contributed by atoms with Crippen molar-refractivity contribution in [1.82, 2.24) is 15.4 Å². The SMILES string of the molecule is COc1cccc(CNC(=O)c2cc(CN3CCOCC3)on2)c1OC. The number of nitrogens with zero attached hydrogens (tertiary/aromatic N) is 2. The maximum absolute atomic E-state index is 12.3. The molecule has 1 fully saturated rings. The van der Waals surface area contributed by atoms with E-state index in [0.29, 0.717) is 43.6 Å². The molecule has 1 aromatic heterocycles. The van der Waals surface area contributed by atoms with Gasteiger partial charge in [-0.1, -0.05) is 17.3 Å². The van der Waals surface area contributed by atoms with Crippen LogP contribution in [0, 0.1) is 0 Å². The first kappa shape index (κ1) is 18.2. The zero-order chi connectivity index (χ0) is 18.4. The average Bonchev–Trinajstić information content (AvgIpc) is 3.15. The molecule has 1 aliphatic rings. The van der Waals surface area contributed by atoms with Gasteiger partial charge in [-0.15, -0.1) is 0 Å². The van der Waals surface area contributed by atoms with Gasteiger partial charge in [0.05, 0.1) is 34.0 Å². The van der Waals surface area contributed by atoms with Crippen LogP contribution in [-0.4, -0.2) is 56.5 Å². The lowest BCUT2D eigenvalue weighted by Crippen LogP contribution is -2.35. The molecule has 1 amide bonds.